The normalized spacial score (nSPS) is 10.4. The summed E-state index contributed by atoms with van der Waals surface area (Å²) in [4.78, 5) is 25.7. The van der Waals surface area contributed by atoms with Crippen molar-refractivity contribution in [2.45, 2.75) is 11.8 Å². The van der Waals surface area contributed by atoms with E-state index in [0.717, 1.165) is 10.5 Å². The smallest absolute Gasteiger partial charge is 0.255 e. The summed E-state index contributed by atoms with van der Waals surface area (Å²) in [6, 6.07) is 22.0. The molecule has 0 saturated heterocycles. The number of hydrogen-bond acceptors (Lipinski definition) is 4. The first-order chi connectivity index (χ1) is 13.5. The zero-order valence-corrected chi connectivity index (χ0v) is 16.6. The highest BCUT2D eigenvalue weighted by atomic mass is 32.2. The van der Waals surface area contributed by atoms with E-state index in [-0.39, 0.29) is 11.7 Å². The van der Waals surface area contributed by atoms with Crippen LogP contribution in [0.1, 0.15) is 26.3 Å². The van der Waals surface area contributed by atoms with Gasteiger partial charge in [-0.1, -0.05) is 35.9 Å². The number of benzene rings is 3. The van der Waals surface area contributed by atoms with Crippen LogP contribution in [0.25, 0.3) is 0 Å². The topological polar surface area (TPSA) is 55.4 Å². The van der Waals surface area contributed by atoms with Gasteiger partial charge in [0.1, 0.15) is 5.75 Å². The lowest BCUT2D eigenvalue weighted by Gasteiger charge is -2.08. The number of carbonyl (C=O) groups is 2. The maximum atomic E-state index is 12.4. The Kier molecular flexibility index (Phi) is 6.50. The molecule has 1 amide bonds. The summed E-state index contributed by atoms with van der Waals surface area (Å²) in [5, 5.41) is 2.90. The minimum atomic E-state index is -0.158. The van der Waals surface area contributed by atoms with Crippen molar-refractivity contribution in [3.63, 3.8) is 0 Å². The Bertz CT molecular complexity index is 983. The van der Waals surface area contributed by atoms with Gasteiger partial charge in [0.2, 0.25) is 0 Å². The number of anilines is 1. The van der Waals surface area contributed by atoms with Crippen LogP contribution in [-0.2, 0) is 0 Å². The van der Waals surface area contributed by atoms with Gasteiger partial charge in [-0.25, -0.2) is 0 Å². The van der Waals surface area contributed by atoms with Crippen LogP contribution >= 0.6 is 11.8 Å². The van der Waals surface area contributed by atoms with Crippen molar-refractivity contribution >= 4 is 29.1 Å². The first-order valence-corrected chi connectivity index (χ1v) is 9.82. The van der Waals surface area contributed by atoms with Gasteiger partial charge in [0, 0.05) is 21.7 Å². The molecular weight excluding hydrogens is 370 g/mol. The van der Waals surface area contributed by atoms with Gasteiger partial charge in [0.05, 0.1) is 12.9 Å². The number of Topliss-reactive ketones (excluding diaryl/α,β-unsaturated/α-hetero) is 1. The second-order valence-electron chi connectivity index (χ2n) is 6.29. The van der Waals surface area contributed by atoms with Gasteiger partial charge in [0.15, 0.2) is 5.78 Å². The molecule has 0 heterocycles. The maximum Gasteiger partial charge on any atom is 0.255 e. The Morgan fingerprint density at radius 1 is 0.929 bits per heavy atom. The van der Waals surface area contributed by atoms with E-state index in [1.54, 1.807) is 37.4 Å². The van der Waals surface area contributed by atoms with Crippen LogP contribution in [0.4, 0.5) is 5.69 Å². The van der Waals surface area contributed by atoms with Crippen LogP contribution in [-0.4, -0.2) is 24.6 Å². The predicted molar refractivity (Wildman–Crippen MR) is 114 cm³/mol. The molecule has 0 aliphatic carbocycles. The lowest BCUT2D eigenvalue weighted by atomic mass is 10.1. The van der Waals surface area contributed by atoms with E-state index in [1.165, 1.54) is 11.8 Å². The monoisotopic (exact) mass is 391 g/mol. The number of aryl methyl sites for hydroxylation is 1. The molecule has 0 aromatic heterocycles. The molecule has 0 radical (unpaired) electrons. The first-order valence-electron chi connectivity index (χ1n) is 8.83. The summed E-state index contributed by atoms with van der Waals surface area (Å²) in [7, 11) is 1.58. The molecule has 3 aromatic rings. The maximum absolute atomic E-state index is 12.4. The second kappa shape index (κ2) is 9.24. The molecule has 0 saturated carbocycles. The number of ether oxygens (including phenoxy) is 1. The molecule has 0 aliphatic rings. The minimum absolute atomic E-state index is 0.0259. The number of methoxy groups -OCH3 is 1. The largest absolute Gasteiger partial charge is 0.497 e. The van der Waals surface area contributed by atoms with Crippen molar-refractivity contribution in [2.24, 2.45) is 0 Å². The predicted octanol–water partition coefficient (Wildman–Crippen LogP) is 5.23. The molecule has 0 fully saturated rings. The molecule has 5 heteroatoms. The Morgan fingerprint density at radius 3 is 2.43 bits per heavy atom. The Morgan fingerprint density at radius 2 is 1.68 bits per heavy atom. The number of nitrogens with one attached hydrogen (secondary N) is 1. The standard InChI is InChI=1S/C23H21NO3S/c1-16-9-11-17(12-10-16)23(26)24-19-6-4-8-21(14-19)28-15-22(25)18-5-3-7-20(13-18)27-2/h3-14H,15H2,1-2H3,(H,24,26). The Labute approximate surface area is 168 Å². The molecule has 0 bridgehead atoms. The molecule has 142 valence electrons. The molecule has 28 heavy (non-hydrogen) atoms. The summed E-state index contributed by atoms with van der Waals surface area (Å²) in [5.74, 6) is 0.840. The summed E-state index contributed by atoms with van der Waals surface area (Å²) in [5.41, 5.74) is 3.03. The zero-order valence-electron chi connectivity index (χ0n) is 15.8. The van der Waals surface area contributed by atoms with Gasteiger partial charge in [-0.05, 0) is 49.4 Å². The SMILES string of the molecule is COc1cccc(C(=O)CSc2cccc(NC(=O)c3ccc(C)cc3)c2)c1. The first kappa shape index (κ1) is 19.7. The lowest BCUT2D eigenvalue weighted by molar-refractivity contribution is 0.101. The quantitative estimate of drug-likeness (QED) is 0.442. The fourth-order valence-electron chi connectivity index (χ4n) is 2.60. The van der Waals surface area contributed by atoms with Crippen LogP contribution < -0.4 is 10.1 Å². The number of rotatable bonds is 7. The molecule has 0 aliphatic heterocycles. The van der Waals surface area contributed by atoms with E-state index < -0.39 is 0 Å². The van der Waals surface area contributed by atoms with E-state index in [2.05, 4.69) is 5.32 Å². The van der Waals surface area contributed by atoms with Crippen LogP contribution in [0.2, 0.25) is 0 Å². The van der Waals surface area contributed by atoms with Gasteiger partial charge >= 0.3 is 0 Å². The average molecular weight is 391 g/mol. The number of carbonyl (C=O) groups excluding carboxylic acids is 2. The molecule has 3 rings (SSSR count). The van der Waals surface area contributed by atoms with Crippen molar-refractivity contribution < 1.29 is 14.3 Å². The molecule has 1 N–H and O–H groups in total. The van der Waals surface area contributed by atoms with E-state index in [4.69, 9.17) is 4.74 Å². The van der Waals surface area contributed by atoms with Crippen LogP contribution in [0, 0.1) is 6.92 Å². The highest BCUT2D eigenvalue weighted by molar-refractivity contribution is 8.00. The van der Waals surface area contributed by atoms with Gasteiger partial charge in [-0.15, -0.1) is 11.8 Å². The number of amides is 1. The van der Waals surface area contributed by atoms with Gasteiger partial charge in [-0.2, -0.15) is 0 Å². The Hall–Kier alpha value is -3.05. The average Bonchev–Trinajstić information content (AvgIpc) is 2.72. The molecule has 0 unspecified atom stereocenters. The zero-order chi connectivity index (χ0) is 19.9. The lowest BCUT2D eigenvalue weighted by Crippen LogP contribution is -2.11. The highest BCUT2D eigenvalue weighted by Crippen LogP contribution is 2.24. The third kappa shape index (κ3) is 5.24. The fraction of sp³-hybridized carbons (Fsp3) is 0.130. The molecular formula is C23H21NO3S. The third-order valence-electron chi connectivity index (χ3n) is 4.17. The van der Waals surface area contributed by atoms with Crippen LogP contribution in [0.5, 0.6) is 5.75 Å². The van der Waals surface area contributed by atoms with Crippen LogP contribution in [0.15, 0.2) is 77.7 Å². The highest BCUT2D eigenvalue weighted by Gasteiger charge is 2.09. The van der Waals surface area contributed by atoms with Crippen molar-refractivity contribution in [3.8, 4) is 5.75 Å². The number of thioether (sulfide) groups is 1. The van der Waals surface area contributed by atoms with E-state index >= 15 is 0 Å². The number of hydrogen-bond donors (Lipinski definition) is 1. The van der Waals surface area contributed by atoms with Crippen molar-refractivity contribution in [3.05, 3.63) is 89.5 Å². The molecule has 3 aromatic carbocycles. The van der Waals surface area contributed by atoms with Crippen molar-refractivity contribution in [1.29, 1.82) is 0 Å². The fourth-order valence-corrected chi connectivity index (χ4v) is 3.45. The van der Waals surface area contributed by atoms with Gasteiger partial charge < -0.3 is 10.1 Å². The van der Waals surface area contributed by atoms with Gasteiger partial charge in [-0.3, -0.25) is 9.59 Å². The van der Waals surface area contributed by atoms with Crippen molar-refractivity contribution in [1.82, 2.24) is 0 Å². The van der Waals surface area contributed by atoms with E-state index in [9.17, 15) is 9.59 Å². The van der Waals surface area contributed by atoms with Crippen LogP contribution in [0.3, 0.4) is 0 Å². The summed E-state index contributed by atoms with van der Waals surface area (Å²) < 4.78 is 5.16. The molecule has 4 nitrogen and oxygen atoms in total. The number of ketones is 1. The van der Waals surface area contributed by atoms with E-state index in [0.29, 0.717) is 28.3 Å². The summed E-state index contributed by atoms with van der Waals surface area (Å²) >= 11 is 1.43. The Balaban J connectivity index is 1.62. The summed E-state index contributed by atoms with van der Waals surface area (Å²) in [6.07, 6.45) is 0. The summed E-state index contributed by atoms with van der Waals surface area (Å²) in [6.45, 7) is 1.98. The molecule has 0 atom stereocenters. The van der Waals surface area contributed by atoms with Crippen molar-refractivity contribution in [2.75, 3.05) is 18.2 Å². The second-order valence-corrected chi connectivity index (χ2v) is 7.34. The molecule has 0 spiro atoms. The van der Waals surface area contributed by atoms with Gasteiger partial charge in [0.25, 0.3) is 5.91 Å². The third-order valence-corrected chi connectivity index (χ3v) is 5.16. The minimum Gasteiger partial charge on any atom is -0.497 e. The van der Waals surface area contributed by atoms with E-state index in [1.807, 2.05) is 49.4 Å².